The van der Waals surface area contributed by atoms with Crippen LogP contribution in [0.2, 0.25) is 0 Å². The van der Waals surface area contributed by atoms with Crippen LogP contribution in [0.15, 0.2) is 0 Å². The number of hydrogen-bond acceptors (Lipinski definition) is 5. The lowest BCUT2D eigenvalue weighted by atomic mass is 10.1. The van der Waals surface area contributed by atoms with Crippen molar-refractivity contribution >= 4 is 14.0 Å². The fraction of sp³-hybridized carbons (Fsp3) is 0.952. The number of ether oxygens (including phenoxy) is 2. The molecule has 0 fully saturated rings. The maximum Gasteiger partial charge on any atom is 0.504 e. The highest BCUT2D eigenvalue weighted by Crippen LogP contribution is 2.16. The van der Waals surface area contributed by atoms with Gasteiger partial charge in [0.25, 0.3) is 0 Å². The molecule has 6 heteroatoms. The van der Waals surface area contributed by atoms with Crippen molar-refractivity contribution in [1.29, 1.82) is 0 Å². The molecule has 5 nitrogen and oxygen atoms in total. The summed E-state index contributed by atoms with van der Waals surface area (Å²) < 4.78 is 26.4. The zero-order chi connectivity index (χ0) is 20.0. The Kier molecular flexibility index (Phi) is 21.4. The van der Waals surface area contributed by atoms with Crippen molar-refractivity contribution in [1.82, 2.24) is 0 Å². The largest absolute Gasteiger partial charge is 0.504 e. The summed E-state index contributed by atoms with van der Waals surface area (Å²) >= 11 is 0. The van der Waals surface area contributed by atoms with E-state index in [9.17, 15) is 9.36 Å². The molecule has 0 saturated heterocycles. The molecule has 0 radical (unpaired) electrons. The number of carbonyl (C=O) groups excluding carboxylic acids is 1. The van der Waals surface area contributed by atoms with E-state index < -0.39 is 8.03 Å². The van der Waals surface area contributed by atoms with Crippen LogP contribution < -0.4 is 0 Å². The van der Waals surface area contributed by atoms with E-state index in [0.717, 1.165) is 32.3 Å². The molecule has 160 valence electrons. The van der Waals surface area contributed by atoms with Crippen molar-refractivity contribution < 1.29 is 23.4 Å². The summed E-state index contributed by atoms with van der Waals surface area (Å²) in [5.41, 5.74) is 0. The molecule has 0 aromatic carbocycles. The van der Waals surface area contributed by atoms with Crippen LogP contribution in [0.5, 0.6) is 0 Å². The first kappa shape index (κ1) is 26.5. The minimum atomic E-state index is -1.51. The standard InChI is InChI=1S/C21H42O5P/c1-3-4-5-6-7-8-9-10-11-14-17-24-19-20-25-21(22)16-13-12-15-18-26-27(2)23/h3-20H2,1-2H3/q+1. The van der Waals surface area contributed by atoms with Crippen molar-refractivity contribution in [3.05, 3.63) is 0 Å². The van der Waals surface area contributed by atoms with Crippen molar-refractivity contribution in [2.75, 3.05) is 33.1 Å². The van der Waals surface area contributed by atoms with E-state index in [2.05, 4.69) is 6.92 Å². The SMILES string of the molecule is CCCCCCCCCCCCOCCOC(=O)CCCCCO[P+](C)=O. The molecule has 1 atom stereocenters. The van der Waals surface area contributed by atoms with Crippen LogP contribution in [0.1, 0.15) is 96.8 Å². The van der Waals surface area contributed by atoms with E-state index in [0.29, 0.717) is 26.2 Å². The van der Waals surface area contributed by atoms with Crippen LogP contribution in [-0.2, 0) is 23.4 Å². The molecule has 0 aliphatic heterocycles. The second kappa shape index (κ2) is 21.8. The highest BCUT2D eigenvalue weighted by Gasteiger charge is 2.06. The highest BCUT2D eigenvalue weighted by atomic mass is 31.1. The summed E-state index contributed by atoms with van der Waals surface area (Å²) in [7, 11) is -1.51. The first-order chi connectivity index (χ1) is 13.2. The van der Waals surface area contributed by atoms with Gasteiger partial charge in [-0.3, -0.25) is 4.79 Å². The van der Waals surface area contributed by atoms with Crippen LogP contribution in [0, 0.1) is 0 Å². The summed E-state index contributed by atoms with van der Waals surface area (Å²) in [6, 6.07) is 0. The molecule has 27 heavy (non-hydrogen) atoms. The zero-order valence-electron chi connectivity index (χ0n) is 17.7. The molecule has 0 aromatic heterocycles. The summed E-state index contributed by atoms with van der Waals surface area (Å²) in [4.78, 5) is 11.5. The van der Waals surface area contributed by atoms with Gasteiger partial charge in [-0.2, -0.15) is 0 Å². The third-order valence-corrected chi connectivity index (χ3v) is 4.98. The van der Waals surface area contributed by atoms with Crippen molar-refractivity contribution in [3.63, 3.8) is 0 Å². The van der Waals surface area contributed by atoms with Gasteiger partial charge >= 0.3 is 14.0 Å². The van der Waals surface area contributed by atoms with Crippen LogP contribution in [-0.4, -0.2) is 39.1 Å². The van der Waals surface area contributed by atoms with Crippen molar-refractivity contribution in [2.45, 2.75) is 96.8 Å². The van der Waals surface area contributed by atoms with Gasteiger partial charge in [0.2, 0.25) is 0 Å². The predicted molar refractivity (Wildman–Crippen MR) is 112 cm³/mol. The van der Waals surface area contributed by atoms with Gasteiger partial charge in [-0.25, -0.2) is 0 Å². The van der Waals surface area contributed by atoms with Gasteiger partial charge in [0.05, 0.1) is 6.61 Å². The summed E-state index contributed by atoms with van der Waals surface area (Å²) in [6.07, 6.45) is 16.1. The van der Waals surface area contributed by atoms with Crippen molar-refractivity contribution in [3.8, 4) is 0 Å². The fourth-order valence-electron chi connectivity index (χ4n) is 2.82. The quantitative estimate of drug-likeness (QED) is 0.125. The Labute approximate surface area is 167 Å². The average Bonchev–Trinajstić information content (AvgIpc) is 2.64. The third kappa shape index (κ3) is 23.5. The van der Waals surface area contributed by atoms with E-state index in [1.165, 1.54) is 57.8 Å². The third-order valence-electron chi connectivity index (χ3n) is 4.43. The molecule has 0 rings (SSSR count). The Balaban J connectivity index is 3.14. The number of unbranched alkanes of at least 4 members (excludes halogenated alkanes) is 11. The summed E-state index contributed by atoms with van der Waals surface area (Å²) in [6.45, 7) is 5.88. The lowest BCUT2D eigenvalue weighted by molar-refractivity contribution is -0.145. The molecule has 0 heterocycles. The van der Waals surface area contributed by atoms with E-state index in [1.54, 1.807) is 6.66 Å². The fourth-order valence-corrected chi connectivity index (χ4v) is 3.21. The van der Waals surface area contributed by atoms with Gasteiger partial charge < -0.3 is 9.47 Å². The number of carbonyl (C=O) groups is 1. The Hall–Kier alpha value is -0.510. The number of esters is 1. The van der Waals surface area contributed by atoms with Crippen LogP contribution >= 0.6 is 8.03 Å². The summed E-state index contributed by atoms with van der Waals surface area (Å²) in [5, 5.41) is 0. The molecule has 0 aromatic rings. The Bertz CT molecular complexity index is 349. The Morgan fingerprint density at radius 3 is 1.89 bits per heavy atom. The molecule has 0 amide bonds. The molecule has 0 N–H and O–H groups in total. The molecule has 0 aliphatic carbocycles. The maximum atomic E-state index is 11.5. The minimum Gasteiger partial charge on any atom is -0.463 e. The van der Waals surface area contributed by atoms with Gasteiger partial charge in [0.15, 0.2) is 6.66 Å². The molecule has 1 unspecified atom stereocenters. The lowest BCUT2D eigenvalue weighted by Crippen LogP contribution is -2.11. The second-order valence-corrected chi connectivity index (χ2v) is 8.24. The Morgan fingerprint density at radius 2 is 1.26 bits per heavy atom. The Morgan fingerprint density at radius 1 is 0.704 bits per heavy atom. The predicted octanol–water partition coefficient (Wildman–Crippen LogP) is 6.42. The first-order valence-electron chi connectivity index (χ1n) is 10.9. The second-order valence-electron chi connectivity index (χ2n) is 7.10. The molecule has 0 saturated carbocycles. The van der Waals surface area contributed by atoms with Gasteiger partial charge in [0.1, 0.15) is 13.2 Å². The van der Waals surface area contributed by atoms with Crippen LogP contribution in [0.4, 0.5) is 0 Å². The molecule has 0 bridgehead atoms. The smallest absolute Gasteiger partial charge is 0.463 e. The van der Waals surface area contributed by atoms with Crippen LogP contribution in [0.3, 0.4) is 0 Å². The maximum absolute atomic E-state index is 11.5. The average molecular weight is 406 g/mol. The topological polar surface area (TPSA) is 61.8 Å². The zero-order valence-corrected chi connectivity index (χ0v) is 18.6. The number of hydrogen-bond donors (Lipinski definition) is 0. The monoisotopic (exact) mass is 405 g/mol. The summed E-state index contributed by atoms with van der Waals surface area (Å²) in [5.74, 6) is -0.167. The van der Waals surface area contributed by atoms with Gasteiger partial charge in [0, 0.05) is 13.0 Å². The van der Waals surface area contributed by atoms with E-state index >= 15 is 0 Å². The molecular formula is C21H42O5P+. The van der Waals surface area contributed by atoms with Gasteiger partial charge in [-0.1, -0.05) is 71.1 Å². The lowest BCUT2D eigenvalue weighted by Gasteiger charge is -2.06. The highest BCUT2D eigenvalue weighted by molar-refractivity contribution is 7.38. The minimum absolute atomic E-state index is 0.167. The number of rotatable bonds is 21. The van der Waals surface area contributed by atoms with Gasteiger partial charge in [-0.15, -0.1) is 4.52 Å². The van der Waals surface area contributed by atoms with Gasteiger partial charge in [-0.05, 0) is 23.8 Å². The molecule has 0 spiro atoms. The van der Waals surface area contributed by atoms with Crippen molar-refractivity contribution in [2.24, 2.45) is 0 Å². The van der Waals surface area contributed by atoms with E-state index in [-0.39, 0.29) is 5.97 Å². The van der Waals surface area contributed by atoms with E-state index in [4.69, 9.17) is 14.0 Å². The molecular weight excluding hydrogens is 363 g/mol. The normalized spacial score (nSPS) is 11.6. The van der Waals surface area contributed by atoms with E-state index in [1.807, 2.05) is 0 Å². The first-order valence-corrected chi connectivity index (χ1v) is 12.6. The molecule has 0 aliphatic rings. The van der Waals surface area contributed by atoms with Crippen LogP contribution in [0.25, 0.3) is 0 Å².